The molecule has 0 bridgehead atoms. The maximum atomic E-state index is 10.0. The molecule has 1 aromatic rings. The number of halogens is 1. The van der Waals surface area contributed by atoms with Crippen molar-refractivity contribution in [1.29, 1.82) is 0 Å². The Morgan fingerprint density at radius 3 is 1.68 bits per heavy atom. The van der Waals surface area contributed by atoms with E-state index >= 15 is 0 Å². The van der Waals surface area contributed by atoms with Crippen molar-refractivity contribution in [3.63, 3.8) is 0 Å². The number of hydrogen-bond donors (Lipinski definition) is 0. The largest absolute Gasteiger partial charge is 0.374 e. The number of benzene rings is 1. The molecule has 0 saturated heterocycles. The number of carbonyl (C=O) groups is 2. The first-order chi connectivity index (χ1) is 12.3. The van der Waals surface area contributed by atoms with E-state index in [-0.39, 0.29) is 26.4 Å². The summed E-state index contributed by atoms with van der Waals surface area (Å²) < 4.78 is 11.9. The molecule has 0 saturated carbocycles. The van der Waals surface area contributed by atoms with Crippen LogP contribution in [0.4, 0.5) is 0 Å². The van der Waals surface area contributed by atoms with Gasteiger partial charge < -0.3 is 19.1 Å². The predicted octanol–water partition coefficient (Wildman–Crippen LogP) is 1.78. The van der Waals surface area contributed by atoms with Gasteiger partial charge in [0.1, 0.15) is 39.0 Å². The van der Waals surface area contributed by atoms with Crippen molar-refractivity contribution in [3.8, 4) is 0 Å². The van der Waals surface area contributed by atoms with Crippen LogP contribution in [-0.4, -0.2) is 52.2 Å². The quantitative estimate of drug-likeness (QED) is 0.173. The fraction of sp³-hybridized carbons (Fsp3) is 0.500. The fourth-order valence-electron chi connectivity index (χ4n) is 1.68. The van der Waals surface area contributed by atoms with Gasteiger partial charge in [-0.25, -0.2) is 19.6 Å². The molecule has 0 fully saturated rings. The molecule has 0 aromatic heterocycles. The van der Waals surface area contributed by atoms with E-state index in [9.17, 15) is 9.59 Å². The molecule has 8 nitrogen and oxygen atoms in total. The zero-order valence-corrected chi connectivity index (χ0v) is 15.3. The molecule has 1 rings (SSSR count). The van der Waals surface area contributed by atoms with E-state index < -0.39 is 0 Å². The lowest BCUT2D eigenvalue weighted by molar-refractivity contribution is -0.291. The van der Waals surface area contributed by atoms with Crippen LogP contribution in [0.2, 0.25) is 0 Å². The SMILES string of the molecule is O=CCOOCCOCc1cccc(COCCOOCC=O)c1Br. The highest BCUT2D eigenvalue weighted by molar-refractivity contribution is 9.10. The topological polar surface area (TPSA) is 89.5 Å². The molecule has 140 valence electrons. The van der Waals surface area contributed by atoms with Gasteiger partial charge in [0.25, 0.3) is 0 Å². The summed E-state index contributed by atoms with van der Waals surface area (Å²) in [4.78, 5) is 38.6. The Morgan fingerprint density at radius 1 is 0.760 bits per heavy atom. The Hall–Kier alpha value is -1.20. The van der Waals surface area contributed by atoms with Gasteiger partial charge >= 0.3 is 0 Å². The van der Waals surface area contributed by atoms with Crippen molar-refractivity contribution in [2.75, 3.05) is 39.6 Å². The molecule has 0 spiro atoms. The van der Waals surface area contributed by atoms with Gasteiger partial charge in [-0.15, -0.1) is 0 Å². The summed E-state index contributed by atoms with van der Waals surface area (Å²) in [7, 11) is 0. The minimum atomic E-state index is -0.0954. The van der Waals surface area contributed by atoms with Crippen molar-refractivity contribution in [2.24, 2.45) is 0 Å². The smallest absolute Gasteiger partial charge is 0.148 e. The third kappa shape index (κ3) is 10.4. The standard InChI is InChI=1S/C16H21BrO8/c17-16-14(12-20-8-10-24-22-6-4-18)2-1-3-15(16)13-21-9-11-25-23-7-5-19/h1-5H,6-13H2. The Morgan fingerprint density at radius 2 is 1.24 bits per heavy atom. The minimum absolute atomic E-state index is 0.0954. The lowest BCUT2D eigenvalue weighted by atomic mass is 10.1. The predicted molar refractivity (Wildman–Crippen MR) is 89.4 cm³/mol. The monoisotopic (exact) mass is 420 g/mol. The second-order valence-corrected chi connectivity index (χ2v) is 5.33. The van der Waals surface area contributed by atoms with Gasteiger partial charge in [-0.05, 0) is 11.1 Å². The highest BCUT2D eigenvalue weighted by Gasteiger charge is 2.06. The van der Waals surface area contributed by atoms with E-state index in [1.165, 1.54) is 0 Å². The summed E-state index contributed by atoms with van der Waals surface area (Å²) in [6.07, 6.45) is 1.21. The summed E-state index contributed by atoms with van der Waals surface area (Å²) in [6.45, 7) is 1.75. The summed E-state index contributed by atoms with van der Waals surface area (Å²) in [5, 5.41) is 0. The average Bonchev–Trinajstić information content (AvgIpc) is 2.62. The van der Waals surface area contributed by atoms with Crippen LogP contribution in [0.3, 0.4) is 0 Å². The molecular weight excluding hydrogens is 400 g/mol. The third-order valence-corrected chi connectivity index (χ3v) is 3.75. The summed E-state index contributed by atoms with van der Waals surface area (Å²) in [5.74, 6) is 0. The summed E-state index contributed by atoms with van der Waals surface area (Å²) in [5.41, 5.74) is 1.95. The molecule has 25 heavy (non-hydrogen) atoms. The van der Waals surface area contributed by atoms with Crippen LogP contribution in [0.5, 0.6) is 0 Å². The first-order valence-corrected chi connectivity index (χ1v) is 8.36. The summed E-state index contributed by atoms with van der Waals surface area (Å²) in [6, 6.07) is 5.79. The number of hydrogen-bond acceptors (Lipinski definition) is 8. The van der Waals surface area contributed by atoms with E-state index in [0.717, 1.165) is 15.6 Å². The Kier molecular flexibility index (Phi) is 13.2. The number of aldehydes is 2. The molecule has 1 aromatic carbocycles. The fourth-order valence-corrected chi connectivity index (χ4v) is 2.17. The van der Waals surface area contributed by atoms with Gasteiger partial charge in [-0.2, -0.15) is 0 Å². The molecule has 0 amide bonds. The lowest BCUT2D eigenvalue weighted by Crippen LogP contribution is -2.08. The average molecular weight is 421 g/mol. The molecule has 0 aliphatic heterocycles. The number of rotatable bonds is 16. The zero-order valence-electron chi connectivity index (χ0n) is 13.7. The van der Waals surface area contributed by atoms with Gasteiger partial charge in [0.2, 0.25) is 0 Å². The van der Waals surface area contributed by atoms with Crippen molar-refractivity contribution in [1.82, 2.24) is 0 Å². The van der Waals surface area contributed by atoms with Crippen LogP contribution in [0.15, 0.2) is 22.7 Å². The minimum Gasteiger partial charge on any atom is -0.374 e. The molecule has 9 heteroatoms. The van der Waals surface area contributed by atoms with E-state index in [4.69, 9.17) is 19.2 Å². The molecule has 0 aliphatic carbocycles. The van der Waals surface area contributed by atoms with E-state index in [1.807, 2.05) is 18.2 Å². The van der Waals surface area contributed by atoms with E-state index in [0.29, 0.717) is 39.0 Å². The molecule has 0 unspecified atom stereocenters. The van der Waals surface area contributed by atoms with Crippen molar-refractivity contribution in [2.45, 2.75) is 13.2 Å². The van der Waals surface area contributed by atoms with Crippen LogP contribution in [0.25, 0.3) is 0 Å². The normalized spacial score (nSPS) is 10.8. The van der Waals surface area contributed by atoms with Crippen LogP contribution in [-0.2, 0) is 51.8 Å². The van der Waals surface area contributed by atoms with Crippen LogP contribution in [0.1, 0.15) is 11.1 Å². The van der Waals surface area contributed by atoms with Gasteiger partial charge in [0.05, 0.1) is 26.4 Å². The molecule has 0 heterocycles. The highest BCUT2D eigenvalue weighted by Crippen LogP contribution is 2.23. The highest BCUT2D eigenvalue weighted by atomic mass is 79.9. The molecular formula is C16H21BrO8. The van der Waals surface area contributed by atoms with Crippen molar-refractivity contribution in [3.05, 3.63) is 33.8 Å². The molecule has 0 radical (unpaired) electrons. The van der Waals surface area contributed by atoms with Crippen LogP contribution < -0.4 is 0 Å². The zero-order chi connectivity index (χ0) is 18.2. The van der Waals surface area contributed by atoms with Gasteiger partial charge in [0, 0.05) is 4.47 Å². The Labute approximate surface area is 154 Å². The maximum Gasteiger partial charge on any atom is 0.148 e. The van der Waals surface area contributed by atoms with Crippen LogP contribution >= 0.6 is 15.9 Å². The maximum absolute atomic E-state index is 10.0. The van der Waals surface area contributed by atoms with Gasteiger partial charge in [-0.3, -0.25) is 0 Å². The molecule has 0 atom stereocenters. The van der Waals surface area contributed by atoms with E-state index in [2.05, 4.69) is 25.7 Å². The first kappa shape index (κ1) is 21.8. The second kappa shape index (κ2) is 15.1. The van der Waals surface area contributed by atoms with Crippen molar-refractivity contribution < 1.29 is 38.6 Å². The summed E-state index contributed by atoms with van der Waals surface area (Å²) >= 11 is 3.54. The Balaban J connectivity index is 2.23. The molecule has 0 N–H and O–H groups in total. The molecule has 0 aliphatic rings. The second-order valence-electron chi connectivity index (χ2n) is 4.54. The van der Waals surface area contributed by atoms with Crippen LogP contribution in [0, 0.1) is 0 Å². The Bertz CT molecular complexity index is 457. The number of carbonyl (C=O) groups excluding carboxylic acids is 2. The third-order valence-electron chi connectivity index (χ3n) is 2.73. The van der Waals surface area contributed by atoms with Crippen molar-refractivity contribution >= 4 is 28.5 Å². The lowest BCUT2D eigenvalue weighted by Gasteiger charge is -2.11. The van der Waals surface area contributed by atoms with Gasteiger partial charge in [0.15, 0.2) is 0 Å². The van der Waals surface area contributed by atoms with E-state index in [1.54, 1.807) is 0 Å². The number of ether oxygens (including phenoxy) is 2. The van der Waals surface area contributed by atoms with Gasteiger partial charge in [-0.1, -0.05) is 34.1 Å². The first-order valence-electron chi connectivity index (χ1n) is 7.57.